The Morgan fingerprint density at radius 3 is 1.65 bits per heavy atom. The lowest BCUT2D eigenvalue weighted by Gasteiger charge is -2.38. The summed E-state index contributed by atoms with van der Waals surface area (Å²) >= 11 is 0. The molecule has 174 valence electrons. The fourth-order valence-electron chi connectivity index (χ4n) is 7.58. The van der Waals surface area contributed by atoms with Gasteiger partial charge in [-0.3, -0.25) is 0 Å². The molecule has 31 heavy (non-hydrogen) atoms. The lowest BCUT2D eigenvalue weighted by molar-refractivity contribution is 0.156. The molecule has 0 unspecified atom stereocenters. The zero-order chi connectivity index (χ0) is 21.6. The molecule has 3 aliphatic rings. The lowest BCUT2D eigenvalue weighted by Crippen LogP contribution is -2.25. The fraction of sp³-hybridized carbons (Fsp3) is 0.800. The third-order valence-electron chi connectivity index (χ3n) is 9.51. The van der Waals surface area contributed by atoms with E-state index in [1.165, 1.54) is 108 Å². The van der Waals surface area contributed by atoms with Crippen LogP contribution in [0.25, 0.3) is 0 Å². The summed E-state index contributed by atoms with van der Waals surface area (Å²) in [6.45, 7) is 4.62. The molecule has 0 nitrogen and oxygen atoms in total. The van der Waals surface area contributed by atoms with Gasteiger partial charge in [-0.1, -0.05) is 64.5 Å². The maximum Gasteiger partial charge on any atom is 0.126 e. The minimum Gasteiger partial charge on any atom is -0.207 e. The van der Waals surface area contributed by atoms with E-state index in [0.717, 1.165) is 29.2 Å². The summed E-state index contributed by atoms with van der Waals surface area (Å²) in [4.78, 5) is 0. The van der Waals surface area contributed by atoms with E-state index in [2.05, 4.69) is 26.0 Å². The second-order valence-corrected chi connectivity index (χ2v) is 11.5. The lowest BCUT2D eigenvalue weighted by atomic mass is 9.68. The van der Waals surface area contributed by atoms with Crippen LogP contribution in [0.4, 0.5) is 4.39 Å². The van der Waals surface area contributed by atoms with Crippen LogP contribution in [0.5, 0.6) is 0 Å². The average Bonchev–Trinajstić information content (AvgIpc) is 2.81. The Morgan fingerprint density at radius 1 is 0.645 bits per heavy atom. The van der Waals surface area contributed by atoms with Gasteiger partial charge in [0.15, 0.2) is 0 Å². The van der Waals surface area contributed by atoms with Crippen molar-refractivity contribution in [2.24, 2.45) is 23.7 Å². The molecule has 0 radical (unpaired) electrons. The molecule has 0 aliphatic heterocycles. The molecule has 0 saturated heterocycles. The Bertz CT molecular complexity index is 655. The van der Waals surface area contributed by atoms with E-state index in [9.17, 15) is 0 Å². The summed E-state index contributed by atoms with van der Waals surface area (Å²) in [7, 11) is 0. The van der Waals surface area contributed by atoms with Gasteiger partial charge in [0.1, 0.15) is 5.82 Å². The van der Waals surface area contributed by atoms with Crippen molar-refractivity contribution in [1.82, 2.24) is 0 Å². The third kappa shape index (κ3) is 5.94. The predicted octanol–water partition coefficient (Wildman–Crippen LogP) is 9.78. The Labute approximate surface area is 191 Å². The van der Waals surface area contributed by atoms with Gasteiger partial charge >= 0.3 is 0 Å². The molecule has 3 fully saturated rings. The maximum atomic E-state index is 15.1. The van der Waals surface area contributed by atoms with E-state index in [4.69, 9.17) is 0 Å². The van der Waals surface area contributed by atoms with E-state index >= 15 is 4.39 Å². The number of benzene rings is 1. The Morgan fingerprint density at radius 2 is 1.13 bits per heavy atom. The molecule has 0 bridgehead atoms. The van der Waals surface area contributed by atoms with Crippen LogP contribution in [0, 0.1) is 29.5 Å². The minimum atomic E-state index is 0.0906. The molecule has 4 rings (SSSR count). The zero-order valence-electron chi connectivity index (χ0n) is 20.4. The molecule has 0 aromatic heterocycles. The minimum absolute atomic E-state index is 0.0906. The summed E-state index contributed by atoms with van der Waals surface area (Å²) in [6.07, 6.45) is 21.6. The Hall–Kier alpha value is -0.850. The first-order valence-electron chi connectivity index (χ1n) is 14.0. The van der Waals surface area contributed by atoms with Crippen molar-refractivity contribution in [3.05, 3.63) is 35.1 Å². The van der Waals surface area contributed by atoms with Crippen molar-refractivity contribution in [2.75, 3.05) is 0 Å². The van der Waals surface area contributed by atoms with Crippen LogP contribution >= 0.6 is 0 Å². The molecular formula is C30H47F. The standard InChI is InChI=1S/C30H47F/c1-3-5-22-7-11-24(12-8-22)25-15-17-26(18-16-25)28-19-20-29(30(31)21-28)27-13-9-23(6-4-2)10-14-27/h19-27H,3-18H2,1-2H3. The molecule has 0 amide bonds. The van der Waals surface area contributed by atoms with Gasteiger partial charge in [-0.25, -0.2) is 4.39 Å². The fourth-order valence-corrected chi connectivity index (χ4v) is 7.58. The highest BCUT2D eigenvalue weighted by atomic mass is 19.1. The molecule has 3 saturated carbocycles. The molecule has 3 aliphatic carbocycles. The number of hydrogen-bond donors (Lipinski definition) is 0. The van der Waals surface area contributed by atoms with Gasteiger partial charge in [-0.2, -0.15) is 0 Å². The topological polar surface area (TPSA) is 0 Å². The van der Waals surface area contributed by atoms with E-state index < -0.39 is 0 Å². The summed E-state index contributed by atoms with van der Waals surface area (Å²) in [6, 6.07) is 6.38. The van der Waals surface area contributed by atoms with Gasteiger partial charge in [-0.05, 0) is 117 Å². The summed E-state index contributed by atoms with van der Waals surface area (Å²) in [5, 5.41) is 0. The highest BCUT2D eigenvalue weighted by molar-refractivity contribution is 5.30. The molecule has 1 aromatic carbocycles. The number of halogens is 1. The SMILES string of the molecule is CCCC1CCC(c2ccc(C3CCC(C4CCC(CCC)CC4)CC3)cc2F)CC1. The third-order valence-corrected chi connectivity index (χ3v) is 9.51. The first kappa shape index (κ1) is 23.3. The van der Waals surface area contributed by atoms with Gasteiger partial charge in [0.05, 0.1) is 0 Å². The molecule has 0 heterocycles. The number of rotatable bonds is 7. The highest BCUT2D eigenvalue weighted by Crippen LogP contribution is 2.45. The highest BCUT2D eigenvalue weighted by Gasteiger charge is 2.31. The predicted molar refractivity (Wildman–Crippen MR) is 131 cm³/mol. The second-order valence-electron chi connectivity index (χ2n) is 11.5. The molecule has 1 heteroatoms. The van der Waals surface area contributed by atoms with Crippen molar-refractivity contribution >= 4 is 0 Å². The number of hydrogen-bond acceptors (Lipinski definition) is 0. The van der Waals surface area contributed by atoms with E-state index in [1.54, 1.807) is 0 Å². The largest absolute Gasteiger partial charge is 0.207 e. The van der Waals surface area contributed by atoms with Crippen molar-refractivity contribution in [2.45, 2.75) is 128 Å². The van der Waals surface area contributed by atoms with Crippen molar-refractivity contribution in [3.63, 3.8) is 0 Å². The van der Waals surface area contributed by atoms with Crippen LogP contribution in [-0.2, 0) is 0 Å². The molecule has 0 N–H and O–H groups in total. The van der Waals surface area contributed by atoms with Gasteiger partial charge in [0, 0.05) is 0 Å². The van der Waals surface area contributed by atoms with E-state index in [1.807, 2.05) is 6.07 Å². The second kappa shape index (κ2) is 11.3. The van der Waals surface area contributed by atoms with Crippen molar-refractivity contribution in [3.8, 4) is 0 Å². The maximum absolute atomic E-state index is 15.1. The first-order valence-corrected chi connectivity index (χ1v) is 14.0. The van der Waals surface area contributed by atoms with Gasteiger partial charge in [-0.15, -0.1) is 0 Å². The van der Waals surface area contributed by atoms with E-state index in [0.29, 0.717) is 11.8 Å². The monoisotopic (exact) mass is 426 g/mol. The Balaban J connectivity index is 1.27. The van der Waals surface area contributed by atoms with Crippen LogP contribution in [0.15, 0.2) is 18.2 Å². The molecule has 1 aromatic rings. The van der Waals surface area contributed by atoms with Crippen LogP contribution in [0.2, 0.25) is 0 Å². The van der Waals surface area contributed by atoms with Gasteiger partial charge < -0.3 is 0 Å². The van der Waals surface area contributed by atoms with Crippen molar-refractivity contribution < 1.29 is 4.39 Å². The summed E-state index contributed by atoms with van der Waals surface area (Å²) < 4.78 is 15.1. The molecular weight excluding hydrogens is 379 g/mol. The van der Waals surface area contributed by atoms with Gasteiger partial charge in [0.2, 0.25) is 0 Å². The summed E-state index contributed by atoms with van der Waals surface area (Å²) in [5.74, 6) is 4.98. The molecule has 0 atom stereocenters. The normalized spacial score (nSPS) is 34.5. The molecule has 0 spiro atoms. The van der Waals surface area contributed by atoms with Crippen LogP contribution in [-0.4, -0.2) is 0 Å². The van der Waals surface area contributed by atoms with Gasteiger partial charge in [0.25, 0.3) is 0 Å². The first-order chi connectivity index (χ1) is 15.2. The van der Waals surface area contributed by atoms with Crippen LogP contribution in [0.1, 0.15) is 140 Å². The van der Waals surface area contributed by atoms with Crippen molar-refractivity contribution in [1.29, 1.82) is 0 Å². The Kier molecular flexibility index (Phi) is 8.52. The quantitative estimate of drug-likeness (QED) is 0.407. The summed E-state index contributed by atoms with van der Waals surface area (Å²) in [5.41, 5.74) is 2.29. The zero-order valence-corrected chi connectivity index (χ0v) is 20.4. The van der Waals surface area contributed by atoms with E-state index in [-0.39, 0.29) is 5.82 Å². The smallest absolute Gasteiger partial charge is 0.126 e. The van der Waals surface area contributed by atoms with Crippen LogP contribution < -0.4 is 0 Å². The van der Waals surface area contributed by atoms with Crippen LogP contribution in [0.3, 0.4) is 0 Å². The average molecular weight is 427 g/mol.